The third kappa shape index (κ3) is 5.03. The molecule has 0 unspecified atom stereocenters. The molecule has 0 saturated heterocycles. The molecule has 0 bridgehead atoms. The minimum absolute atomic E-state index is 0.147. The number of anilines is 1. The average Bonchev–Trinajstić information content (AvgIpc) is 2.65. The van der Waals surface area contributed by atoms with Gasteiger partial charge in [0, 0.05) is 11.1 Å². The summed E-state index contributed by atoms with van der Waals surface area (Å²) in [6.45, 7) is 0. The molecule has 0 atom stereocenters. The normalized spacial score (nSPS) is 15.4. The highest BCUT2D eigenvalue weighted by atomic mass is 35.5. The Labute approximate surface area is 173 Å². The second-order valence-electron chi connectivity index (χ2n) is 6.68. The van der Waals surface area contributed by atoms with Gasteiger partial charge in [0.05, 0.1) is 21.2 Å². The maximum Gasteiger partial charge on any atom is 0.258 e. The van der Waals surface area contributed by atoms with Crippen molar-refractivity contribution in [1.82, 2.24) is 4.72 Å². The van der Waals surface area contributed by atoms with Crippen molar-refractivity contribution in [3.05, 3.63) is 57.8 Å². The zero-order valence-electron chi connectivity index (χ0n) is 14.8. The summed E-state index contributed by atoms with van der Waals surface area (Å²) in [7, 11) is -3.86. The van der Waals surface area contributed by atoms with E-state index in [0.29, 0.717) is 5.02 Å². The van der Waals surface area contributed by atoms with Gasteiger partial charge in [-0.05, 0) is 49.2 Å². The summed E-state index contributed by atoms with van der Waals surface area (Å²) in [6, 6.07) is 7.44. The molecule has 5 nitrogen and oxygen atoms in total. The molecule has 2 N–H and O–H groups in total. The zero-order valence-corrected chi connectivity index (χ0v) is 17.2. The van der Waals surface area contributed by atoms with Gasteiger partial charge in [-0.15, -0.1) is 0 Å². The summed E-state index contributed by atoms with van der Waals surface area (Å²) < 4.78 is 42.1. The fourth-order valence-corrected chi connectivity index (χ4v) is 4.80. The van der Waals surface area contributed by atoms with E-state index in [0.717, 1.165) is 50.3 Å². The summed E-state index contributed by atoms with van der Waals surface area (Å²) in [5.41, 5.74) is -0.199. The topological polar surface area (TPSA) is 75.3 Å². The number of halogens is 3. The van der Waals surface area contributed by atoms with Crippen molar-refractivity contribution in [3.8, 4) is 0 Å². The Balaban J connectivity index is 1.84. The Bertz CT molecular complexity index is 993. The molecule has 1 amide bonds. The van der Waals surface area contributed by atoms with Gasteiger partial charge in [-0.25, -0.2) is 17.5 Å². The largest absolute Gasteiger partial charge is 0.320 e. The van der Waals surface area contributed by atoms with E-state index in [-0.39, 0.29) is 21.6 Å². The smallest absolute Gasteiger partial charge is 0.258 e. The van der Waals surface area contributed by atoms with Crippen LogP contribution in [0, 0.1) is 5.82 Å². The number of benzene rings is 2. The first kappa shape index (κ1) is 21.0. The van der Waals surface area contributed by atoms with E-state index in [1.807, 2.05) is 0 Å². The molecular formula is C19H19Cl2FN2O3S. The molecular weight excluding hydrogens is 426 g/mol. The van der Waals surface area contributed by atoms with Crippen LogP contribution in [-0.4, -0.2) is 20.4 Å². The van der Waals surface area contributed by atoms with E-state index in [4.69, 9.17) is 23.2 Å². The van der Waals surface area contributed by atoms with Crippen molar-refractivity contribution >= 4 is 44.8 Å². The molecule has 0 aliphatic heterocycles. The number of carbonyl (C=O) groups excluding carboxylic acids is 1. The molecule has 28 heavy (non-hydrogen) atoms. The van der Waals surface area contributed by atoms with E-state index in [1.54, 1.807) is 6.07 Å². The van der Waals surface area contributed by atoms with Crippen LogP contribution in [-0.2, 0) is 10.0 Å². The predicted octanol–water partition coefficient (Wildman–Crippen LogP) is 5.00. The van der Waals surface area contributed by atoms with Gasteiger partial charge in [-0.2, -0.15) is 0 Å². The summed E-state index contributed by atoms with van der Waals surface area (Å²) in [5, 5.41) is 3.02. The number of nitrogens with one attached hydrogen (secondary N) is 2. The van der Waals surface area contributed by atoms with E-state index in [9.17, 15) is 17.6 Å². The molecule has 2 aromatic carbocycles. The van der Waals surface area contributed by atoms with E-state index < -0.39 is 27.3 Å². The molecule has 3 rings (SSSR count). The number of hydrogen-bond acceptors (Lipinski definition) is 3. The second kappa shape index (κ2) is 8.78. The molecule has 1 aliphatic carbocycles. The number of sulfonamides is 1. The Morgan fingerprint density at radius 3 is 2.46 bits per heavy atom. The molecule has 0 heterocycles. The minimum Gasteiger partial charge on any atom is -0.320 e. The molecule has 1 aliphatic rings. The summed E-state index contributed by atoms with van der Waals surface area (Å²) in [4.78, 5) is 12.3. The Morgan fingerprint density at radius 2 is 1.75 bits per heavy atom. The highest BCUT2D eigenvalue weighted by Gasteiger charge is 2.24. The highest BCUT2D eigenvalue weighted by molar-refractivity contribution is 7.89. The Hall–Kier alpha value is -1.67. The first-order chi connectivity index (χ1) is 13.3. The van der Waals surface area contributed by atoms with Crippen molar-refractivity contribution in [3.63, 3.8) is 0 Å². The van der Waals surface area contributed by atoms with Crippen LogP contribution in [0.15, 0.2) is 41.3 Å². The molecule has 0 radical (unpaired) electrons. The Morgan fingerprint density at radius 1 is 1.04 bits per heavy atom. The van der Waals surface area contributed by atoms with Gasteiger partial charge < -0.3 is 5.32 Å². The van der Waals surface area contributed by atoms with Crippen LogP contribution in [0.25, 0.3) is 0 Å². The van der Waals surface area contributed by atoms with Crippen LogP contribution >= 0.6 is 23.2 Å². The minimum atomic E-state index is -3.86. The zero-order chi connectivity index (χ0) is 20.3. The lowest BCUT2D eigenvalue weighted by molar-refractivity contribution is 0.102. The highest BCUT2D eigenvalue weighted by Crippen LogP contribution is 2.27. The van der Waals surface area contributed by atoms with Crippen molar-refractivity contribution in [2.45, 2.75) is 43.0 Å². The molecule has 150 valence electrons. The lowest BCUT2D eigenvalue weighted by Crippen LogP contribution is -2.36. The van der Waals surface area contributed by atoms with Gasteiger partial charge in [-0.1, -0.05) is 42.5 Å². The second-order valence-corrected chi connectivity index (χ2v) is 9.23. The van der Waals surface area contributed by atoms with Gasteiger partial charge in [0.1, 0.15) is 5.82 Å². The van der Waals surface area contributed by atoms with Gasteiger partial charge in [0.15, 0.2) is 0 Å². The summed E-state index contributed by atoms with van der Waals surface area (Å²) in [5.74, 6) is -1.66. The average molecular weight is 445 g/mol. The maximum atomic E-state index is 14.2. The SMILES string of the molecule is O=C(Nc1cc(Cl)ccc1Cl)c1cc(S(=O)(=O)NC2CCCCC2)ccc1F. The van der Waals surface area contributed by atoms with Gasteiger partial charge >= 0.3 is 0 Å². The summed E-state index contributed by atoms with van der Waals surface area (Å²) in [6.07, 6.45) is 4.54. The van der Waals surface area contributed by atoms with E-state index >= 15 is 0 Å². The van der Waals surface area contributed by atoms with Crippen molar-refractivity contribution < 1.29 is 17.6 Å². The monoisotopic (exact) mass is 444 g/mol. The van der Waals surface area contributed by atoms with Crippen LogP contribution in [0.4, 0.5) is 10.1 Å². The van der Waals surface area contributed by atoms with Crippen molar-refractivity contribution in [2.24, 2.45) is 0 Å². The quantitative estimate of drug-likeness (QED) is 0.681. The first-order valence-corrected chi connectivity index (χ1v) is 11.1. The third-order valence-corrected chi connectivity index (χ3v) is 6.68. The maximum absolute atomic E-state index is 14.2. The van der Waals surface area contributed by atoms with E-state index in [1.165, 1.54) is 12.1 Å². The van der Waals surface area contributed by atoms with Crippen LogP contribution in [0.1, 0.15) is 42.5 Å². The number of rotatable bonds is 5. The number of carbonyl (C=O) groups is 1. The number of amides is 1. The molecule has 0 aromatic heterocycles. The van der Waals surface area contributed by atoms with Crippen LogP contribution < -0.4 is 10.0 Å². The van der Waals surface area contributed by atoms with Crippen LogP contribution in [0.5, 0.6) is 0 Å². The van der Waals surface area contributed by atoms with Crippen LogP contribution in [0.2, 0.25) is 10.0 Å². The standard InChI is InChI=1S/C19H19Cl2FN2O3S/c20-12-6-8-16(21)18(10-12)23-19(25)15-11-14(7-9-17(15)22)28(26,27)24-13-4-2-1-3-5-13/h6-11,13,24H,1-5H2,(H,23,25). The fraction of sp³-hybridized carbons (Fsp3) is 0.316. The Kier molecular flexibility index (Phi) is 6.60. The summed E-state index contributed by atoms with van der Waals surface area (Å²) >= 11 is 11.9. The molecule has 9 heteroatoms. The predicted molar refractivity (Wildman–Crippen MR) is 108 cm³/mol. The van der Waals surface area contributed by atoms with Gasteiger partial charge in [0.25, 0.3) is 5.91 Å². The van der Waals surface area contributed by atoms with Gasteiger partial charge in [0.2, 0.25) is 10.0 Å². The van der Waals surface area contributed by atoms with Crippen molar-refractivity contribution in [2.75, 3.05) is 5.32 Å². The molecule has 1 fully saturated rings. The fourth-order valence-electron chi connectivity index (χ4n) is 3.14. The first-order valence-electron chi connectivity index (χ1n) is 8.84. The van der Waals surface area contributed by atoms with Crippen LogP contribution in [0.3, 0.4) is 0 Å². The van der Waals surface area contributed by atoms with E-state index in [2.05, 4.69) is 10.0 Å². The van der Waals surface area contributed by atoms with Gasteiger partial charge in [-0.3, -0.25) is 4.79 Å². The lowest BCUT2D eigenvalue weighted by Gasteiger charge is -2.22. The molecule has 1 saturated carbocycles. The number of hydrogen-bond donors (Lipinski definition) is 2. The molecule has 0 spiro atoms. The lowest BCUT2D eigenvalue weighted by atomic mass is 9.96. The molecule has 2 aromatic rings. The third-order valence-electron chi connectivity index (χ3n) is 4.60. The van der Waals surface area contributed by atoms with Crippen molar-refractivity contribution in [1.29, 1.82) is 0 Å².